The Hall–Kier alpha value is -2.37. The molecule has 1 heterocycles. The van der Waals surface area contributed by atoms with Crippen molar-refractivity contribution >= 4 is 17.8 Å². The van der Waals surface area contributed by atoms with Gasteiger partial charge in [-0.1, -0.05) is 30.3 Å². The molecule has 0 bridgehead atoms. The lowest BCUT2D eigenvalue weighted by atomic mass is 9.82. The Kier molecular flexibility index (Phi) is 4.66. The highest BCUT2D eigenvalue weighted by molar-refractivity contribution is 6.09. The molecule has 1 unspecified atom stereocenters. The van der Waals surface area contributed by atoms with Gasteiger partial charge in [0.1, 0.15) is 12.1 Å². The van der Waals surface area contributed by atoms with Crippen molar-refractivity contribution in [2.45, 2.75) is 62.9 Å². The van der Waals surface area contributed by atoms with Crippen LogP contribution in [0.2, 0.25) is 0 Å². The summed E-state index contributed by atoms with van der Waals surface area (Å²) < 4.78 is 0. The molecule has 2 aliphatic carbocycles. The fraction of sp³-hybridized carbons (Fsp3) is 0.571. The van der Waals surface area contributed by atoms with Crippen LogP contribution >= 0.6 is 0 Å². The van der Waals surface area contributed by atoms with Gasteiger partial charge in [-0.2, -0.15) is 0 Å². The molecular formula is C21H27N3O3. The minimum absolute atomic E-state index is 0.119. The first-order valence-electron chi connectivity index (χ1n) is 9.96. The zero-order valence-electron chi connectivity index (χ0n) is 15.7. The minimum Gasteiger partial charge on any atom is -0.352 e. The summed E-state index contributed by atoms with van der Waals surface area (Å²) >= 11 is 0. The zero-order chi connectivity index (χ0) is 19.0. The van der Waals surface area contributed by atoms with E-state index in [1.165, 1.54) is 5.56 Å². The molecular weight excluding hydrogens is 342 g/mol. The lowest BCUT2D eigenvalue weighted by Gasteiger charge is -2.29. The average molecular weight is 369 g/mol. The molecule has 1 aromatic rings. The van der Waals surface area contributed by atoms with Crippen LogP contribution in [0, 0.1) is 5.92 Å². The van der Waals surface area contributed by atoms with E-state index >= 15 is 0 Å². The monoisotopic (exact) mass is 369 g/mol. The van der Waals surface area contributed by atoms with Crippen LogP contribution in [0.3, 0.4) is 0 Å². The third kappa shape index (κ3) is 3.57. The smallest absolute Gasteiger partial charge is 0.325 e. The predicted octanol–water partition coefficient (Wildman–Crippen LogP) is 2.55. The van der Waals surface area contributed by atoms with E-state index in [9.17, 15) is 14.4 Å². The highest BCUT2D eigenvalue weighted by Crippen LogP contribution is 2.42. The minimum atomic E-state index is -0.828. The van der Waals surface area contributed by atoms with E-state index < -0.39 is 11.6 Å². The molecule has 1 saturated heterocycles. The van der Waals surface area contributed by atoms with Crippen LogP contribution < -0.4 is 10.6 Å². The van der Waals surface area contributed by atoms with Crippen LogP contribution in [0.1, 0.15) is 56.9 Å². The van der Waals surface area contributed by atoms with Crippen molar-refractivity contribution in [3.8, 4) is 0 Å². The van der Waals surface area contributed by atoms with Crippen LogP contribution in [-0.2, 0) is 9.59 Å². The predicted molar refractivity (Wildman–Crippen MR) is 101 cm³/mol. The molecule has 2 saturated carbocycles. The van der Waals surface area contributed by atoms with E-state index in [4.69, 9.17) is 0 Å². The van der Waals surface area contributed by atoms with Crippen molar-refractivity contribution in [3.63, 3.8) is 0 Å². The third-order valence-electron chi connectivity index (χ3n) is 6.36. The number of imide groups is 1. The fourth-order valence-electron chi connectivity index (χ4n) is 4.51. The highest BCUT2D eigenvalue weighted by Gasteiger charge is 2.56. The standard InChI is InChI=1S/C21H27N3O3/c1-21(16-9-10-16)19(26)24(20(27)23-21)13-18(25)22-17-11-7-15(8-12-17)14-5-3-2-4-6-14/h2-6,15-17H,7-13H2,1H3,(H,22,25)(H,23,27). The van der Waals surface area contributed by atoms with Crippen LogP contribution in [-0.4, -0.2) is 40.9 Å². The molecule has 3 fully saturated rings. The molecule has 4 amide bonds. The maximum absolute atomic E-state index is 12.6. The summed E-state index contributed by atoms with van der Waals surface area (Å²) in [7, 11) is 0. The second-order valence-corrected chi connectivity index (χ2v) is 8.32. The Morgan fingerprint density at radius 1 is 1.11 bits per heavy atom. The van der Waals surface area contributed by atoms with Crippen molar-refractivity contribution in [1.29, 1.82) is 0 Å². The molecule has 2 N–H and O–H groups in total. The largest absolute Gasteiger partial charge is 0.352 e. The number of hydrogen-bond acceptors (Lipinski definition) is 3. The Labute approximate surface area is 159 Å². The van der Waals surface area contributed by atoms with Crippen LogP contribution in [0.25, 0.3) is 0 Å². The molecule has 6 nitrogen and oxygen atoms in total. The molecule has 0 aromatic heterocycles. The van der Waals surface area contributed by atoms with Gasteiger partial charge in [0.25, 0.3) is 5.91 Å². The number of rotatable bonds is 5. The van der Waals surface area contributed by atoms with Crippen LogP contribution in [0.15, 0.2) is 30.3 Å². The van der Waals surface area contributed by atoms with Gasteiger partial charge in [0.15, 0.2) is 0 Å². The van der Waals surface area contributed by atoms with Crippen molar-refractivity contribution < 1.29 is 14.4 Å². The summed E-state index contributed by atoms with van der Waals surface area (Å²) in [6.07, 6.45) is 5.83. The van der Waals surface area contributed by atoms with Crippen molar-refractivity contribution in [2.75, 3.05) is 6.54 Å². The summed E-state index contributed by atoms with van der Waals surface area (Å²) in [5.41, 5.74) is 0.534. The molecule has 27 heavy (non-hydrogen) atoms. The normalized spacial score (nSPS) is 30.9. The lowest BCUT2D eigenvalue weighted by Crippen LogP contribution is -2.48. The number of carbonyl (C=O) groups excluding carboxylic acids is 3. The highest BCUT2D eigenvalue weighted by atomic mass is 16.2. The maximum atomic E-state index is 12.6. The van der Waals surface area contributed by atoms with Gasteiger partial charge in [-0.3, -0.25) is 14.5 Å². The molecule has 3 aliphatic rings. The first-order valence-corrected chi connectivity index (χ1v) is 9.96. The third-order valence-corrected chi connectivity index (χ3v) is 6.36. The quantitative estimate of drug-likeness (QED) is 0.783. The van der Waals surface area contributed by atoms with Crippen molar-refractivity contribution in [2.24, 2.45) is 5.92 Å². The summed E-state index contributed by atoms with van der Waals surface area (Å²) in [4.78, 5) is 38.3. The van der Waals surface area contributed by atoms with Gasteiger partial charge in [-0.25, -0.2) is 4.79 Å². The number of nitrogens with zero attached hydrogens (tertiary/aromatic N) is 1. The average Bonchev–Trinajstić information content (AvgIpc) is 3.49. The molecule has 0 radical (unpaired) electrons. The van der Waals surface area contributed by atoms with E-state index in [1.54, 1.807) is 6.92 Å². The number of hydrogen-bond donors (Lipinski definition) is 2. The number of carbonyl (C=O) groups is 3. The van der Waals surface area contributed by atoms with Crippen molar-refractivity contribution in [1.82, 2.24) is 15.5 Å². The van der Waals surface area contributed by atoms with Gasteiger partial charge in [-0.15, -0.1) is 0 Å². The Balaban J connectivity index is 1.28. The number of nitrogens with one attached hydrogen (secondary N) is 2. The fourth-order valence-corrected chi connectivity index (χ4v) is 4.51. The molecule has 0 spiro atoms. The van der Waals surface area contributed by atoms with E-state index in [0.29, 0.717) is 5.92 Å². The van der Waals surface area contributed by atoms with E-state index in [2.05, 4.69) is 34.9 Å². The summed E-state index contributed by atoms with van der Waals surface area (Å²) in [6, 6.07) is 10.2. The number of benzene rings is 1. The number of amides is 4. The van der Waals surface area contributed by atoms with Gasteiger partial charge >= 0.3 is 6.03 Å². The summed E-state index contributed by atoms with van der Waals surface area (Å²) in [5, 5.41) is 5.80. The van der Waals surface area contributed by atoms with Crippen LogP contribution in [0.4, 0.5) is 4.79 Å². The number of urea groups is 1. The second-order valence-electron chi connectivity index (χ2n) is 8.32. The van der Waals surface area contributed by atoms with Gasteiger partial charge < -0.3 is 10.6 Å². The van der Waals surface area contributed by atoms with Gasteiger partial charge in [0, 0.05) is 6.04 Å². The lowest BCUT2D eigenvalue weighted by molar-refractivity contribution is -0.135. The maximum Gasteiger partial charge on any atom is 0.325 e. The van der Waals surface area contributed by atoms with Crippen molar-refractivity contribution in [3.05, 3.63) is 35.9 Å². The first-order chi connectivity index (χ1) is 13.0. The molecule has 1 aliphatic heterocycles. The molecule has 6 heteroatoms. The van der Waals surface area contributed by atoms with E-state index in [-0.39, 0.29) is 30.3 Å². The molecule has 144 valence electrons. The van der Waals surface area contributed by atoms with Gasteiger partial charge in [-0.05, 0) is 62.8 Å². The van der Waals surface area contributed by atoms with Crippen LogP contribution in [0.5, 0.6) is 0 Å². The molecule has 4 rings (SSSR count). The Bertz CT molecular complexity index is 738. The SMILES string of the molecule is CC1(C2CC2)NC(=O)N(CC(=O)NC2CCC(c3ccccc3)CC2)C1=O. The first kappa shape index (κ1) is 18.0. The van der Waals surface area contributed by atoms with E-state index in [0.717, 1.165) is 43.4 Å². The second kappa shape index (κ2) is 6.98. The van der Waals surface area contributed by atoms with E-state index in [1.807, 2.05) is 6.07 Å². The summed E-state index contributed by atoms with van der Waals surface area (Å²) in [5.74, 6) is 0.236. The van der Waals surface area contributed by atoms with Gasteiger partial charge in [0.05, 0.1) is 0 Å². The Morgan fingerprint density at radius 2 is 1.78 bits per heavy atom. The molecule has 1 atom stereocenters. The Morgan fingerprint density at radius 3 is 2.41 bits per heavy atom. The topological polar surface area (TPSA) is 78.5 Å². The summed E-state index contributed by atoms with van der Waals surface area (Å²) in [6.45, 7) is 1.58. The zero-order valence-corrected chi connectivity index (χ0v) is 15.7. The molecule has 1 aromatic carbocycles. The van der Waals surface area contributed by atoms with Gasteiger partial charge in [0.2, 0.25) is 5.91 Å².